The second kappa shape index (κ2) is 34.9. The van der Waals surface area contributed by atoms with Gasteiger partial charge >= 0.3 is 23.9 Å². The molecule has 0 fully saturated rings. The number of esters is 2. The zero-order valence-electron chi connectivity index (χ0n) is 40.7. The van der Waals surface area contributed by atoms with Crippen LogP contribution in [0.2, 0.25) is 0 Å². The zero-order chi connectivity index (χ0) is 51.5. The minimum absolute atomic E-state index is 0.142. The summed E-state index contributed by atoms with van der Waals surface area (Å²) in [4.78, 5) is 92.0. The van der Waals surface area contributed by atoms with E-state index in [1.807, 2.05) is 121 Å². The standard InChI is InChI=1S/C28H36N2O6.2C13H17NO3/c1-21(29-25(31)17-9-15-23-11-5-3-6-12-23)27(33)35-19-20-36-28(34)22(2)30-26(32)18-10-16-24-13-7-4-8-14-24;2*1-10(13(16)17)14-12(15)9-5-8-11-6-3-2-4-7-11/h3-8,11-14,21-22H,9-10,15-20H2,1-2H3,(H,29,31)(H,30,32);2*2-4,6-7,10H,5,8-9H2,1H3,(H,14,15)(H,16,17)/t21-,22+;2*10-/m.10/s1. The van der Waals surface area contributed by atoms with E-state index >= 15 is 0 Å². The Bertz CT molecular complexity index is 2020. The van der Waals surface area contributed by atoms with Gasteiger partial charge in [-0.25, -0.2) is 9.59 Å². The number of carbonyl (C=O) groups excluding carboxylic acids is 6. The lowest BCUT2D eigenvalue weighted by Crippen LogP contribution is -2.41. The first kappa shape index (κ1) is 58.8. The number of hydrogen-bond donors (Lipinski definition) is 6. The SMILES string of the molecule is C[C@@H](NC(=O)CCCc1ccccc1)C(=O)O.C[C@H](NC(=O)CCCc1ccccc1)C(=O)O.C[C@H](NC(=O)CCCc1ccccc1)C(=O)OCCOC(=O)[C@@H](C)NC(=O)CCCc1ccccc1. The molecular formula is C54H70N4O12. The van der Waals surface area contributed by atoms with E-state index < -0.39 is 48.0 Å². The highest BCUT2D eigenvalue weighted by Gasteiger charge is 2.20. The molecule has 0 aliphatic heterocycles. The van der Waals surface area contributed by atoms with Crippen molar-refractivity contribution in [1.82, 2.24) is 21.3 Å². The summed E-state index contributed by atoms with van der Waals surface area (Å²) in [5.74, 6) is -4.12. The molecule has 0 saturated heterocycles. The Morgan fingerprint density at radius 1 is 0.371 bits per heavy atom. The van der Waals surface area contributed by atoms with Crippen LogP contribution in [0.5, 0.6) is 0 Å². The predicted octanol–water partition coefficient (Wildman–Crippen LogP) is 6.33. The van der Waals surface area contributed by atoms with Gasteiger partial charge in [0.1, 0.15) is 37.4 Å². The lowest BCUT2D eigenvalue weighted by molar-refractivity contribution is -0.155. The Morgan fingerprint density at radius 3 is 0.800 bits per heavy atom. The molecule has 4 amide bonds. The molecule has 70 heavy (non-hydrogen) atoms. The van der Waals surface area contributed by atoms with Crippen LogP contribution in [0.15, 0.2) is 121 Å². The largest absolute Gasteiger partial charge is 0.480 e. The van der Waals surface area contributed by atoms with Crippen LogP contribution in [0.3, 0.4) is 0 Å². The van der Waals surface area contributed by atoms with E-state index in [9.17, 15) is 38.4 Å². The highest BCUT2D eigenvalue weighted by Crippen LogP contribution is 2.08. The number of carboxylic acids is 2. The van der Waals surface area contributed by atoms with Gasteiger partial charge in [-0.05, 0) is 101 Å². The molecule has 0 unspecified atom stereocenters. The summed E-state index contributed by atoms with van der Waals surface area (Å²) in [6, 6.07) is 36.3. The average Bonchev–Trinajstić information content (AvgIpc) is 3.34. The highest BCUT2D eigenvalue weighted by molar-refractivity contribution is 5.85. The van der Waals surface area contributed by atoms with Crippen LogP contribution in [-0.4, -0.2) is 95.1 Å². The van der Waals surface area contributed by atoms with Gasteiger partial charge in [-0.3, -0.25) is 28.8 Å². The van der Waals surface area contributed by atoms with E-state index in [1.54, 1.807) is 13.8 Å². The van der Waals surface area contributed by atoms with Crippen molar-refractivity contribution in [3.05, 3.63) is 144 Å². The first-order valence-electron chi connectivity index (χ1n) is 23.7. The fourth-order valence-electron chi connectivity index (χ4n) is 6.42. The summed E-state index contributed by atoms with van der Waals surface area (Å²) in [5.41, 5.74) is 4.69. The molecule has 378 valence electrons. The van der Waals surface area contributed by atoms with Gasteiger partial charge in [0.05, 0.1) is 0 Å². The van der Waals surface area contributed by atoms with E-state index in [-0.39, 0.29) is 36.8 Å². The van der Waals surface area contributed by atoms with Gasteiger partial charge in [0.25, 0.3) is 0 Å². The number of amides is 4. The zero-order valence-corrected chi connectivity index (χ0v) is 40.7. The van der Waals surface area contributed by atoms with Crippen LogP contribution in [0, 0.1) is 0 Å². The van der Waals surface area contributed by atoms with E-state index in [0.717, 1.165) is 49.7 Å². The van der Waals surface area contributed by atoms with Crippen molar-refractivity contribution in [3.8, 4) is 0 Å². The maximum Gasteiger partial charge on any atom is 0.328 e. The summed E-state index contributed by atoms with van der Waals surface area (Å²) >= 11 is 0. The monoisotopic (exact) mass is 966 g/mol. The van der Waals surface area contributed by atoms with E-state index in [0.29, 0.717) is 38.5 Å². The van der Waals surface area contributed by atoms with Gasteiger partial charge in [-0.15, -0.1) is 0 Å². The number of carbonyl (C=O) groups is 8. The topological polar surface area (TPSA) is 244 Å². The fourth-order valence-corrected chi connectivity index (χ4v) is 6.42. The molecule has 4 atom stereocenters. The lowest BCUT2D eigenvalue weighted by atomic mass is 10.1. The van der Waals surface area contributed by atoms with Crippen LogP contribution < -0.4 is 21.3 Å². The number of carboxylic acid groups (broad SMARTS) is 2. The Morgan fingerprint density at radius 2 is 0.586 bits per heavy atom. The van der Waals surface area contributed by atoms with Crippen LogP contribution in [0.4, 0.5) is 0 Å². The van der Waals surface area contributed by atoms with Crippen molar-refractivity contribution >= 4 is 47.5 Å². The van der Waals surface area contributed by atoms with Crippen molar-refractivity contribution < 1.29 is 58.0 Å². The molecule has 0 radical (unpaired) electrons. The number of hydrogen-bond acceptors (Lipinski definition) is 10. The molecule has 4 aromatic rings. The third-order valence-electron chi connectivity index (χ3n) is 10.4. The minimum atomic E-state index is -1.01. The van der Waals surface area contributed by atoms with Crippen molar-refractivity contribution in [2.45, 2.75) is 129 Å². The molecule has 4 rings (SSSR count). The van der Waals surface area contributed by atoms with Gasteiger partial charge in [-0.1, -0.05) is 121 Å². The molecular weight excluding hydrogens is 897 g/mol. The minimum Gasteiger partial charge on any atom is -0.480 e. The summed E-state index contributed by atoms with van der Waals surface area (Å²) in [5, 5.41) is 27.3. The second-order valence-corrected chi connectivity index (χ2v) is 16.5. The van der Waals surface area contributed by atoms with Gasteiger partial charge in [-0.2, -0.15) is 0 Å². The Labute approximate surface area is 411 Å². The van der Waals surface area contributed by atoms with E-state index in [2.05, 4.69) is 21.3 Å². The summed E-state index contributed by atoms with van der Waals surface area (Å²) in [6.45, 7) is 5.71. The maximum absolute atomic E-state index is 12.1. The van der Waals surface area contributed by atoms with Crippen LogP contribution in [0.1, 0.15) is 101 Å². The van der Waals surface area contributed by atoms with Gasteiger partial charge in [0.15, 0.2) is 0 Å². The number of aryl methyl sites for hydroxylation is 4. The highest BCUT2D eigenvalue weighted by atomic mass is 16.6. The molecule has 0 saturated carbocycles. The molecule has 16 nitrogen and oxygen atoms in total. The van der Waals surface area contributed by atoms with Crippen molar-refractivity contribution in [2.75, 3.05) is 13.2 Å². The van der Waals surface area contributed by atoms with Crippen LogP contribution in [0.25, 0.3) is 0 Å². The number of benzene rings is 4. The summed E-state index contributed by atoms with van der Waals surface area (Å²) in [7, 11) is 0. The Kier molecular flexibility index (Phi) is 29.3. The number of nitrogens with one attached hydrogen (secondary N) is 4. The number of aliphatic carboxylic acids is 2. The smallest absolute Gasteiger partial charge is 0.328 e. The molecule has 0 aliphatic rings. The Balaban J connectivity index is 0.000000409. The van der Waals surface area contributed by atoms with Gasteiger partial charge in [0.2, 0.25) is 23.6 Å². The van der Waals surface area contributed by atoms with Crippen molar-refractivity contribution in [1.29, 1.82) is 0 Å². The molecule has 0 spiro atoms. The maximum atomic E-state index is 12.1. The summed E-state index contributed by atoms with van der Waals surface area (Å²) < 4.78 is 10.1. The Hall–Kier alpha value is -7.36. The van der Waals surface area contributed by atoms with E-state index in [4.69, 9.17) is 19.7 Å². The van der Waals surface area contributed by atoms with Crippen molar-refractivity contribution in [2.24, 2.45) is 0 Å². The van der Waals surface area contributed by atoms with E-state index in [1.165, 1.54) is 25.0 Å². The quantitative estimate of drug-likeness (QED) is 0.0284. The lowest BCUT2D eigenvalue weighted by Gasteiger charge is -2.15. The predicted molar refractivity (Wildman–Crippen MR) is 265 cm³/mol. The first-order chi connectivity index (χ1) is 33.5. The molecule has 0 heterocycles. The van der Waals surface area contributed by atoms with Crippen LogP contribution in [-0.2, 0) is 73.5 Å². The molecule has 0 bridgehead atoms. The third-order valence-corrected chi connectivity index (χ3v) is 10.4. The second-order valence-electron chi connectivity index (χ2n) is 16.5. The number of ether oxygens (including phenoxy) is 2. The normalized spacial score (nSPS) is 12.0. The van der Waals surface area contributed by atoms with Crippen LogP contribution >= 0.6 is 0 Å². The van der Waals surface area contributed by atoms with Crippen molar-refractivity contribution in [3.63, 3.8) is 0 Å². The van der Waals surface area contributed by atoms with Gasteiger partial charge in [0, 0.05) is 25.7 Å². The van der Waals surface area contributed by atoms with Gasteiger partial charge < -0.3 is 41.0 Å². The first-order valence-corrected chi connectivity index (χ1v) is 23.7. The molecule has 0 aliphatic carbocycles. The molecule has 6 N–H and O–H groups in total. The molecule has 4 aromatic carbocycles. The average molecular weight is 967 g/mol. The fraction of sp³-hybridized carbons (Fsp3) is 0.407. The summed E-state index contributed by atoms with van der Waals surface area (Å²) in [6.07, 6.45) is 7.34. The molecule has 16 heteroatoms. The molecule has 0 aromatic heterocycles. The third kappa shape index (κ3) is 28.1. The number of rotatable bonds is 27.